The Morgan fingerprint density at radius 2 is 1.83 bits per heavy atom. The molecule has 1 aromatic heterocycles. The van der Waals surface area contributed by atoms with Gasteiger partial charge in [0.1, 0.15) is 5.41 Å². The van der Waals surface area contributed by atoms with Crippen molar-refractivity contribution in [1.82, 2.24) is 15.2 Å². The van der Waals surface area contributed by atoms with Crippen molar-refractivity contribution in [2.75, 3.05) is 32.5 Å². The first kappa shape index (κ1) is 17.9. The van der Waals surface area contributed by atoms with Crippen molar-refractivity contribution in [3.63, 3.8) is 0 Å². The van der Waals surface area contributed by atoms with E-state index in [1.54, 1.807) is 26.1 Å². The molecule has 2 aromatic rings. The van der Waals surface area contributed by atoms with Gasteiger partial charge in [-0.15, -0.1) is 0 Å². The minimum absolute atomic E-state index is 0.296. The summed E-state index contributed by atoms with van der Waals surface area (Å²) in [6.45, 7) is 4.45. The number of pyridine rings is 1. The lowest BCUT2D eigenvalue weighted by Gasteiger charge is -2.23. The maximum Gasteiger partial charge on any atom is 0.239 e. The number of aromatic nitrogens is 1. The monoisotopic (exact) mass is 328 g/mol. The average Bonchev–Trinajstić information content (AvgIpc) is 2.54. The topological polar surface area (TPSA) is 74.3 Å². The van der Waals surface area contributed by atoms with E-state index in [1.807, 2.05) is 43.3 Å². The van der Waals surface area contributed by atoms with Crippen molar-refractivity contribution in [2.24, 2.45) is 5.41 Å². The zero-order valence-corrected chi connectivity index (χ0v) is 14.6. The van der Waals surface area contributed by atoms with E-state index in [0.29, 0.717) is 17.7 Å². The van der Waals surface area contributed by atoms with E-state index in [-0.39, 0.29) is 11.8 Å². The Kier molecular flexibility index (Phi) is 5.51. The maximum absolute atomic E-state index is 12.6. The van der Waals surface area contributed by atoms with Crippen LogP contribution < -0.4 is 10.6 Å². The molecule has 2 N–H and O–H groups in total. The molecule has 0 unspecified atom stereocenters. The summed E-state index contributed by atoms with van der Waals surface area (Å²) in [5, 5.41) is 6.57. The molecule has 6 heteroatoms. The summed E-state index contributed by atoms with van der Waals surface area (Å²) >= 11 is 0. The fourth-order valence-electron chi connectivity index (χ4n) is 2.20. The first-order valence-corrected chi connectivity index (χ1v) is 7.90. The second-order valence-electron chi connectivity index (χ2n) is 6.52. The van der Waals surface area contributed by atoms with E-state index in [2.05, 4.69) is 15.6 Å². The highest BCUT2D eigenvalue weighted by Gasteiger charge is 2.36. The molecule has 6 nitrogen and oxygen atoms in total. The molecule has 24 heavy (non-hydrogen) atoms. The minimum atomic E-state index is -1.18. The van der Waals surface area contributed by atoms with Gasteiger partial charge < -0.3 is 15.5 Å². The molecule has 128 valence electrons. The average molecular weight is 328 g/mol. The largest absolute Gasteiger partial charge is 0.354 e. The fraction of sp³-hybridized carbons (Fsp3) is 0.389. The molecule has 0 saturated heterocycles. The minimum Gasteiger partial charge on any atom is -0.354 e. The second kappa shape index (κ2) is 7.40. The number of carbonyl (C=O) groups excluding carboxylic acids is 2. The Morgan fingerprint density at radius 1 is 1.12 bits per heavy atom. The van der Waals surface area contributed by atoms with Crippen LogP contribution in [0, 0.1) is 5.41 Å². The van der Waals surface area contributed by atoms with Gasteiger partial charge in [-0.05, 0) is 40.1 Å². The molecule has 0 aliphatic heterocycles. The Hall–Kier alpha value is -2.47. The Bertz CT molecular complexity index is 735. The zero-order chi connectivity index (χ0) is 17.7. The van der Waals surface area contributed by atoms with E-state index in [4.69, 9.17) is 0 Å². The van der Waals surface area contributed by atoms with Crippen LogP contribution in [0.25, 0.3) is 10.9 Å². The smallest absolute Gasteiger partial charge is 0.239 e. The fourth-order valence-corrected chi connectivity index (χ4v) is 2.20. The van der Waals surface area contributed by atoms with Gasteiger partial charge >= 0.3 is 0 Å². The number of benzene rings is 1. The lowest BCUT2D eigenvalue weighted by molar-refractivity contribution is -0.138. The van der Waals surface area contributed by atoms with E-state index in [9.17, 15) is 9.59 Å². The van der Waals surface area contributed by atoms with E-state index < -0.39 is 5.41 Å². The number of nitrogens with one attached hydrogen (secondary N) is 2. The van der Waals surface area contributed by atoms with Crippen LogP contribution in [0.2, 0.25) is 0 Å². The lowest BCUT2D eigenvalue weighted by Crippen LogP contribution is -2.46. The Labute approximate surface area is 142 Å². The number of para-hydroxylation sites is 1. The van der Waals surface area contributed by atoms with Gasteiger partial charge in [-0.1, -0.05) is 18.2 Å². The number of carbonyl (C=O) groups is 2. The highest BCUT2D eigenvalue weighted by molar-refractivity contribution is 6.12. The van der Waals surface area contributed by atoms with Crippen molar-refractivity contribution in [3.05, 3.63) is 36.5 Å². The van der Waals surface area contributed by atoms with Crippen molar-refractivity contribution < 1.29 is 9.59 Å². The number of fused-ring (bicyclic) bond motifs is 1. The molecule has 2 rings (SSSR count). The summed E-state index contributed by atoms with van der Waals surface area (Å²) in [6.07, 6.45) is 1.68. The highest BCUT2D eigenvalue weighted by Crippen LogP contribution is 2.24. The third-order valence-corrected chi connectivity index (χ3v) is 3.86. The summed E-state index contributed by atoms with van der Waals surface area (Å²) in [7, 11) is 3.86. The highest BCUT2D eigenvalue weighted by atomic mass is 16.2. The number of anilines is 1. The molecule has 1 aromatic carbocycles. The normalized spacial score (nSPS) is 11.5. The molecule has 0 aliphatic carbocycles. The van der Waals surface area contributed by atoms with Gasteiger partial charge in [-0.25, -0.2) is 0 Å². The van der Waals surface area contributed by atoms with Gasteiger partial charge in [-0.2, -0.15) is 0 Å². The third kappa shape index (κ3) is 4.08. The molecular weight excluding hydrogens is 304 g/mol. The van der Waals surface area contributed by atoms with Crippen LogP contribution in [0.5, 0.6) is 0 Å². The van der Waals surface area contributed by atoms with Gasteiger partial charge in [-0.3, -0.25) is 14.6 Å². The summed E-state index contributed by atoms with van der Waals surface area (Å²) in [4.78, 5) is 31.2. The molecule has 0 bridgehead atoms. The first-order chi connectivity index (χ1) is 11.3. The molecule has 0 fully saturated rings. The van der Waals surface area contributed by atoms with Crippen LogP contribution in [0.1, 0.15) is 13.8 Å². The maximum atomic E-state index is 12.6. The number of hydrogen-bond donors (Lipinski definition) is 2. The number of amides is 2. The third-order valence-electron chi connectivity index (χ3n) is 3.86. The van der Waals surface area contributed by atoms with Crippen molar-refractivity contribution in [2.45, 2.75) is 13.8 Å². The van der Waals surface area contributed by atoms with Crippen molar-refractivity contribution in [3.8, 4) is 0 Å². The predicted octanol–water partition coefficient (Wildman–Crippen LogP) is 1.88. The van der Waals surface area contributed by atoms with Gasteiger partial charge in [0, 0.05) is 24.7 Å². The zero-order valence-electron chi connectivity index (χ0n) is 14.6. The molecule has 2 amide bonds. The second-order valence-corrected chi connectivity index (χ2v) is 6.52. The van der Waals surface area contributed by atoms with E-state index in [0.717, 1.165) is 11.9 Å². The first-order valence-electron chi connectivity index (χ1n) is 7.90. The molecular formula is C18H24N4O2. The predicted molar refractivity (Wildman–Crippen MR) is 95.7 cm³/mol. The summed E-state index contributed by atoms with van der Waals surface area (Å²) in [5.41, 5.74) is 0.132. The van der Waals surface area contributed by atoms with E-state index >= 15 is 0 Å². The van der Waals surface area contributed by atoms with Crippen LogP contribution in [0.4, 0.5) is 5.69 Å². The quantitative estimate of drug-likeness (QED) is 0.794. The molecule has 0 spiro atoms. The van der Waals surface area contributed by atoms with Crippen LogP contribution in [0.3, 0.4) is 0 Å². The number of rotatable bonds is 6. The molecule has 1 heterocycles. The standard InChI is InChI=1S/C18H24N4O2/c1-18(2,16(23)20-11-12-22(3)4)17(24)21-14-9-5-7-13-8-6-10-19-15(13)14/h5-10H,11-12H2,1-4H3,(H,20,23)(H,21,24). The molecule has 0 radical (unpaired) electrons. The summed E-state index contributed by atoms with van der Waals surface area (Å²) in [6, 6.07) is 9.33. The van der Waals surface area contributed by atoms with Crippen LogP contribution in [-0.4, -0.2) is 48.9 Å². The lowest BCUT2D eigenvalue weighted by atomic mass is 9.91. The number of hydrogen-bond acceptors (Lipinski definition) is 4. The van der Waals surface area contributed by atoms with Gasteiger partial charge in [0.2, 0.25) is 11.8 Å². The molecule has 0 atom stereocenters. The molecule has 0 aliphatic rings. The van der Waals surface area contributed by atoms with E-state index in [1.165, 1.54) is 0 Å². The van der Waals surface area contributed by atoms with Gasteiger partial charge in [0.05, 0.1) is 11.2 Å². The summed E-state index contributed by atoms with van der Waals surface area (Å²) in [5.74, 6) is -0.655. The Balaban J connectivity index is 2.10. The van der Waals surface area contributed by atoms with Crippen LogP contribution in [-0.2, 0) is 9.59 Å². The number of likely N-dealkylation sites (N-methyl/N-ethyl adjacent to an activating group) is 1. The SMILES string of the molecule is CN(C)CCNC(=O)C(C)(C)C(=O)Nc1cccc2cccnc12. The Morgan fingerprint density at radius 3 is 2.54 bits per heavy atom. The van der Waals surface area contributed by atoms with Gasteiger partial charge in [0.25, 0.3) is 0 Å². The van der Waals surface area contributed by atoms with Crippen LogP contribution >= 0.6 is 0 Å². The summed E-state index contributed by atoms with van der Waals surface area (Å²) < 4.78 is 0. The van der Waals surface area contributed by atoms with Crippen molar-refractivity contribution >= 4 is 28.4 Å². The van der Waals surface area contributed by atoms with Crippen molar-refractivity contribution in [1.29, 1.82) is 0 Å². The van der Waals surface area contributed by atoms with Gasteiger partial charge in [0.15, 0.2) is 0 Å². The van der Waals surface area contributed by atoms with Crippen LogP contribution in [0.15, 0.2) is 36.5 Å². The number of nitrogens with zero attached hydrogens (tertiary/aromatic N) is 2. The molecule has 0 saturated carbocycles.